The van der Waals surface area contributed by atoms with E-state index in [1.807, 2.05) is 20.8 Å². The van der Waals surface area contributed by atoms with Gasteiger partial charge in [0.05, 0.1) is 6.61 Å². The summed E-state index contributed by atoms with van der Waals surface area (Å²) in [6, 6.07) is 0. The number of carbonyl (C=O) groups excluding carboxylic acids is 1. The molecule has 0 aromatic heterocycles. The topological polar surface area (TPSA) is 35.5 Å². The minimum atomic E-state index is -0.457. The Labute approximate surface area is 74.0 Å². The molecular weight excluding hydrogens is 156 g/mol. The second kappa shape index (κ2) is 5.14. The average Bonchev–Trinajstić information content (AvgIpc) is 2.00. The van der Waals surface area contributed by atoms with Crippen molar-refractivity contribution in [2.45, 2.75) is 39.7 Å². The summed E-state index contributed by atoms with van der Waals surface area (Å²) < 4.78 is 10.3. The minimum Gasteiger partial charge on any atom is -0.457 e. The second-order valence-corrected chi connectivity index (χ2v) is 3.03. The smallest absolute Gasteiger partial charge is 0.303 e. The molecule has 3 heteroatoms. The Balaban J connectivity index is 3.95. The van der Waals surface area contributed by atoms with Crippen LogP contribution in [0, 0.1) is 0 Å². The zero-order valence-electron chi connectivity index (χ0n) is 8.35. The third kappa shape index (κ3) is 4.34. The molecule has 0 aliphatic heterocycles. The summed E-state index contributed by atoms with van der Waals surface area (Å²) in [5, 5.41) is 0. The van der Waals surface area contributed by atoms with Gasteiger partial charge in [-0.3, -0.25) is 4.79 Å². The molecule has 0 amide bonds. The van der Waals surface area contributed by atoms with Crippen LogP contribution >= 0.6 is 0 Å². The Kier molecular flexibility index (Phi) is 4.90. The van der Waals surface area contributed by atoms with Crippen molar-refractivity contribution in [1.29, 1.82) is 0 Å². The Morgan fingerprint density at radius 1 is 1.42 bits per heavy atom. The fourth-order valence-corrected chi connectivity index (χ4v) is 0.869. The highest BCUT2D eigenvalue weighted by Crippen LogP contribution is 2.15. The van der Waals surface area contributed by atoms with Gasteiger partial charge in [-0.05, 0) is 20.3 Å². The van der Waals surface area contributed by atoms with Crippen molar-refractivity contribution in [3.05, 3.63) is 0 Å². The molecule has 0 heterocycles. The van der Waals surface area contributed by atoms with E-state index in [9.17, 15) is 4.79 Å². The molecule has 0 fully saturated rings. The summed E-state index contributed by atoms with van der Waals surface area (Å²) in [5.41, 5.74) is -0.457. The molecule has 72 valence electrons. The first-order valence-corrected chi connectivity index (χ1v) is 4.31. The van der Waals surface area contributed by atoms with E-state index in [1.54, 1.807) is 0 Å². The Morgan fingerprint density at radius 2 is 2.00 bits per heavy atom. The van der Waals surface area contributed by atoms with Crippen LogP contribution in [-0.2, 0) is 14.3 Å². The zero-order chi connectivity index (χ0) is 9.61. The van der Waals surface area contributed by atoms with Crippen LogP contribution < -0.4 is 0 Å². The van der Waals surface area contributed by atoms with Crippen LogP contribution in [0.3, 0.4) is 0 Å². The first-order valence-electron chi connectivity index (χ1n) is 4.31. The van der Waals surface area contributed by atoms with Crippen molar-refractivity contribution < 1.29 is 14.3 Å². The van der Waals surface area contributed by atoms with Gasteiger partial charge in [0.1, 0.15) is 5.60 Å². The van der Waals surface area contributed by atoms with E-state index in [-0.39, 0.29) is 5.97 Å². The lowest BCUT2D eigenvalue weighted by Gasteiger charge is -2.27. The van der Waals surface area contributed by atoms with E-state index in [1.165, 1.54) is 6.92 Å². The van der Waals surface area contributed by atoms with Gasteiger partial charge >= 0.3 is 5.97 Å². The van der Waals surface area contributed by atoms with Crippen molar-refractivity contribution in [2.24, 2.45) is 0 Å². The van der Waals surface area contributed by atoms with E-state index in [4.69, 9.17) is 9.47 Å². The third-order valence-corrected chi connectivity index (χ3v) is 1.75. The van der Waals surface area contributed by atoms with Crippen molar-refractivity contribution in [2.75, 3.05) is 13.2 Å². The maximum absolute atomic E-state index is 10.7. The van der Waals surface area contributed by atoms with Gasteiger partial charge in [0.15, 0.2) is 0 Å². The lowest BCUT2D eigenvalue weighted by molar-refractivity contribution is -0.161. The summed E-state index contributed by atoms with van der Waals surface area (Å²) >= 11 is 0. The summed E-state index contributed by atoms with van der Waals surface area (Å²) in [6.07, 6.45) is 0.770. The van der Waals surface area contributed by atoms with Crippen molar-refractivity contribution in [1.82, 2.24) is 0 Å². The van der Waals surface area contributed by atoms with Gasteiger partial charge in [0.25, 0.3) is 0 Å². The number of hydrogen-bond donors (Lipinski definition) is 0. The molecule has 0 aliphatic rings. The molecule has 1 atom stereocenters. The average molecular weight is 174 g/mol. The van der Waals surface area contributed by atoms with E-state index >= 15 is 0 Å². The van der Waals surface area contributed by atoms with Crippen LogP contribution in [0.5, 0.6) is 0 Å². The number of hydrogen-bond acceptors (Lipinski definition) is 3. The van der Waals surface area contributed by atoms with Crippen LogP contribution in [0.15, 0.2) is 0 Å². The molecule has 12 heavy (non-hydrogen) atoms. The maximum Gasteiger partial charge on any atom is 0.303 e. The predicted octanol–water partition coefficient (Wildman–Crippen LogP) is 1.75. The van der Waals surface area contributed by atoms with Crippen LogP contribution in [0.25, 0.3) is 0 Å². The number of esters is 1. The monoisotopic (exact) mass is 174 g/mol. The molecule has 0 saturated carbocycles. The van der Waals surface area contributed by atoms with Crippen LogP contribution in [-0.4, -0.2) is 24.8 Å². The van der Waals surface area contributed by atoms with Gasteiger partial charge < -0.3 is 9.47 Å². The second-order valence-electron chi connectivity index (χ2n) is 3.03. The van der Waals surface area contributed by atoms with Crippen molar-refractivity contribution in [3.63, 3.8) is 0 Å². The molecule has 3 nitrogen and oxygen atoms in total. The Bertz CT molecular complexity index is 145. The van der Waals surface area contributed by atoms with Crippen molar-refractivity contribution >= 4 is 5.97 Å². The fraction of sp³-hybridized carbons (Fsp3) is 0.889. The lowest BCUT2D eigenvalue weighted by Crippen LogP contribution is -2.35. The summed E-state index contributed by atoms with van der Waals surface area (Å²) in [6.45, 7) is 8.31. The number of rotatable bonds is 5. The van der Waals surface area contributed by atoms with Gasteiger partial charge in [0.2, 0.25) is 0 Å². The number of ether oxygens (including phenoxy) is 2. The highest BCUT2D eigenvalue weighted by Gasteiger charge is 2.25. The summed E-state index contributed by atoms with van der Waals surface area (Å²) in [4.78, 5) is 10.7. The Morgan fingerprint density at radius 3 is 2.33 bits per heavy atom. The molecule has 0 aliphatic carbocycles. The molecular formula is C9H18O3. The molecule has 0 aromatic carbocycles. The van der Waals surface area contributed by atoms with E-state index in [0.29, 0.717) is 13.2 Å². The molecule has 0 saturated heterocycles. The fourth-order valence-electron chi connectivity index (χ4n) is 0.869. The standard InChI is InChI=1S/C9H18O3/c1-5-9(4,7-11-6-2)12-8(3)10/h5-7H2,1-4H3. The van der Waals surface area contributed by atoms with Crippen LogP contribution in [0.4, 0.5) is 0 Å². The molecule has 1 unspecified atom stereocenters. The first-order chi connectivity index (χ1) is 5.54. The molecule has 0 bridgehead atoms. The molecule has 0 spiro atoms. The molecule has 0 aromatic rings. The van der Waals surface area contributed by atoms with Gasteiger partial charge in [-0.15, -0.1) is 0 Å². The third-order valence-electron chi connectivity index (χ3n) is 1.75. The molecule has 0 rings (SSSR count). The zero-order valence-corrected chi connectivity index (χ0v) is 8.35. The van der Waals surface area contributed by atoms with Gasteiger partial charge in [-0.2, -0.15) is 0 Å². The summed E-state index contributed by atoms with van der Waals surface area (Å²) in [7, 11) is 0. The molecule has 0 radical (unpaired) electrons. The molecule has 0 N–H and O–H groups in total. The van der Waals surface area contributed by atoms with E-state index in [0.717, 1.165) is 6.42 Å². The quantitative estimate of drug-likeness (QED) is 0.596. The minimum absolute atomic E-state index is 0.251. The summed E-state index contributed by atoms with van der Waals surface area (Å²) in [5.74, 6) is -0.251. The predicted molar refractivity (Wildman–Crippen MR) is 47.0 cm³/mol. The van der Waals surface area contributed by atoms with Gasteiger partial charge in [-0.25, -0.2) is 0 Å². The maximum atomic E-state index is 10.7. The number of carbonyl (C=O) groups is 1. The SMILES string of the molecule is CCOCC(C)(CC)OC(C)=O. The van der Waals surface area contributed by atoms with E-state index < -0.39 is 5.60 Å². The normalized spacial score (nSPS) is 15.3. The highest BCUT2D eigenvalue weighted by atomic mass is 16.6. The van der Waals surface area contributed by atoms with Gasteiger partial charge in [-0.1, -0.05) is 6.92 Å². The van der Waals surface area contributed by atoms with Crippen LogP contribution in [0.2, 0.25) is 0 Å². The van der Waals surface area contributed by atoms with E-state index in [2.05, 4.69) is 0 Å². The largest absolute Gasteiger partial charge is 0.457 e. The van der Waals surface area contributed by atoms with Crippen LogP contribution in [0.1, 0.15) is 34.1 Å². The van der Waals surface area contributed by atoms with Gasteiger partial charge in [0, 0.05) is 13.5 Å². The van der Waals surface area contributed by atoms with Crippen molar-refractivity contribution in [3.8, 4) is 0 Å². The Hall–Kier alpha value is -0.570. The lowest BCUT2D eigenvalue weighted by atomic mass is 10.1. The first kappa shape index (κ1) is 11.4. The highest BCUT2D eigenvalue weighted by molar-refractivity contribution is 5.66.